The maximum Gasteiger partial charge on any atom is 0.258 e. The smallest absolute Gasteiger partial charge is 0.258 e. The van der Waals surface area contributed by atoms with Crippen LogP contribution in [-0.2, 0) is 17.4 Å². The first-order valence-corrected chi connectivity index (χ1v) is 10.9. The van der Waals surface area contributed by atoms with Crippen molar-refractivity contribution >= 4 is 29.0 Å². The summed E-state index contributed by atoms with van der Waals surface area (Å²) >= 11 is 1.47. The van der Waals surface area contributed by atoms with Crippen LogP contribution < -0.4 is 5.32 Å². The maximum absolute atomic E-state index is 12.5. The van der Waals surface area contributed by atoms with Gasteiger partial charge >= 0.3 is 0 Å². The maximum atomic E-state index is 12.5. The first kappa shape index (κ1) is 20.3. The molecule has 5 rings (SSSR count). The Balaban J connectivity index is 1.42. The van der Waals surface area contributed by atoms with Crippen molar-refractivity contribution in [3.05, 3.63) is 59.7 Å². The lowest BCUT2D eigenvalue weighted by Gasteiger charge is -2.21. The molecule has 3 aromatic heterocycles. The Bertz CT molecular complexity index is 1300. The predicted molar refractivity (Wildman–Crippen MR) is 121 cm³/mol. The van der Waals surface area contributed by atoms with E-state index in [1.54, 1.807) is 35.1 Å². The summed E-state index contributed by atoms with van der Waals surface area (Å²) in [6.45, 7) is 0.531. The molecule has 10 heteroatoms. The Hall–Kier alpha value is -3.63. The van der Waals surface area contributed by atoms with Crippen LogP contribution in [0.15, 0.2) is 54.2 Å². The fourth-order valence-corrected chi connectivity index (χ4v) is 4.53. The van der Waals surface area contributed by atoms with Crippen LogP contribution in [0.25, 0.3) is 22.0 Å². The van der Waals surface area contributed by atoms with Crippen LogP contribution in [0.3, 0.4) is 0 Å². The number of likely N-dealkylation sites (N-methyl/N-ethyl adjacent to an activating group) is 1. The fourth-order valence-electron chi connectivity index (χ4n) is 3.73. The molecule has 1 aliphatic heterocycles. The normalized spacial score (nSPS) is 18.3. The van der Waals surface area contributed by atoms with Crippen LogP contribution in [0.5, 0.6) is 0 Å². The van der Waals surface area contributed by atoms with Crippen molar-refractivity contribution in [3.63, 3.8) is 0 Å². The minimum absolute atomic E-state index is 0.275. The first-order valence-electron chi connectivity index (χ1n) is 10.1. The molecule has 1 saturated heterocycles. The zero-order valence-electron chi connectivity index (χ0n) is 17.6. The van der Waals surface area contributed by atoms with Gasteiger partial charge in [0.2, 0.25) is 5.95 Å². The second-order valence-electron chi connectivity index (χ2n) is 7.69. The van der Waals surface area contributed by atoms with E-state index in [4.69, 9.17) is 4.98 Å². The van der Waals surface area contributed by atoms with E-state index < -0.39 is 5.60 Å². The van der Waals surface area contributed by atoms with Crippen LogP contribution in [0, 0.1) is 0 Å². The average molecular weight is 448 g/mol. The van der Waals surface area contributed by atoms with Gasteiger partial charge in [-0.25, -0.2) is 15.0 Å². The largest absolute Gasteiger partial charge is 0.375 e. The highest BCUT2D eigenvalue weighted by Crippen LogP contribution is 2.35. The summed E-state index contributed by atoms with van der Waals surface area (Å²) in [6.07, 6.45) is 3.75. The van der Waals surface area contributed by atoms with Crippen LogP contribution in [0.1, 0.15) is 12.0 Å². The summed E-state index contributed by atoms with van der Waals surface area (Å²) in [7, 11) is 3.54. The molecule has 2 N–H and O–H groups in total. The van der Waals surface area contributed by atoms with Crippen molar-refractivity contribution in [1.29, 1.82) is 0 Å². The predicted octanol–water partition coefficient (Wildman–Crippen LogP) is 2.79. The van der Waals surface area contributed by atoms with Gasteiger partial charge in [0, 0.05) is 50.3 Å². The lowest BCUT2D eigenvalue weighted by molar-refractivity contribution is -0.143. The third kappa shape index (κ3) is 3.53. The Morgan fingerprint density at radius 2 is 2.00 bits per heavy atom. The van der Waals surface area contributed by atoms with E-state index >= 15 is 0 Å². The number of likely N-dealkylation sites (tertiary alicyclic amines) is 1. The number of amides is 1. The number of hydrogen-bond donors (Lipinski definition) is 2. The molecule has 4 heterocycles. The van der Waals surface area contributed by atoms with Crippen molar-refractivity contribution in [1.82, 2.24) is 29.6 Å². The third-order valence-electron chi connectivity index (χ3n) is 5.59. The molecule has 1 aliphatic rings. The number of hydrogen-bond acceptors (Lipinski definition) is 8. The Kier molecular flexibility index (Phi) is 4.95. The SMILES string of the molecule is CN1CCC(O)(c2cccc(-c3csc(-c4ccnc(Nc5ccnn5C)n4)n3)c2)C1=O. The minimum Gasteiger partial charge on any atom is -0.375 e. The highest BCUT2D eigenvalue weighted by atomic mass is 32.1. The summed E-state index contributed by atoms with van der Waals surface area (Å²) in [5.74, 6) is 0.961. The average Bonchev–Trinajstić information content (AvgIpc) is 3.52. The molecule has 0 spiro atoms. The molecule has 1 aromatic carbocycles. The number of aromatic nitrogens is 5. The number of benzene rings is 1. The highest BCUT2D eigenvalue weighted by Gasteiger charge is 2.45. The molecule has 0 bridgehead atoms. The number of rotatable bonds is 5. The standard InChI is InChI=1S/C22H21N7O2S/c1-28-11-8-22(31,20(28)30)15-5-3-4-14(12-15)17-13-32-19(25-17)16-6-9-23-21(26-16)27-18-7-10-24-29(18)2/h3-7,9-10,12-13,31H,8,11H2,1-2H3,(H,23,26,27). The molecule has 1 unspecified atom stereocenters. The van der Waals surface area contributed by atoms with Gasteiger partial charge in [-0.3, -0.25) is 9.48 Å². The van der Waals surface area contributed by atoms with E-state index in [0.717, 1.165) is 22.1 Å². The third-order valence-corrected chi connectivity index (χ3v) is 6.45. The van der Waals surface area contributed by atoms with Gasteiger partial charge in [-0.05, 0) is 17.7 Å². The number of anilines is 2. The van der Waals surface area contributed by atoms with E-state index in [1.165, 1.54) is 11.3 Å². The zero-order chi connectivity index (χ0) is 22.3. The van der Waals surface area contributed by atoms with E-state index in [-0.39, 0.29) is 5.91 Å². The monoisotopic (exact) mass is 447 g/mol. The van der Waals surface area contributed by atoms with Gasteiger partial charge in [0.15, 0.2) is 5.60 Å². The lowest BCUT2D eigenvalue weighted by atomic mass is 9.90. The van der Waals surface area contributed by atoms with Crippen molar-refractivity contribution in [2.24, 2.45) is 7.05 Å². The lowest BCUT2D eigenvalue weighted by Crippen LogP contribution is -2.36. The van der Waals surface area contributed by atoms with Gasteiger partial charge in [0.05, 0.1) is 11.9 Å². The summed E-state index contributed by atoms with van der Waals surface area (Å²) in [5, 5.41) is 20.9. The molecule has 4 aromatic rings. The minimum atomic E-state index is -1.48. The number of carbonyl (C=O) groups is 1. The first-order chi connectivity index (χ1) is 15.4. The molecular formula is C22H21N7O2S. The van der Waals surface area contributed by atoms with Crippen molar-refractivity contribution in [2.45, 2.75) is 12.0 Å². The van der Waals surface area contributed by atoms with E-state index in [1.807, 2.05) is 42.8 Å². The van der Waals surface area contributed by atoms with Gasteiger partial charge in [-0.1, -0.05) is 18.2 Å². The van der Waals surface area contributed by atoms with Crippen LogP contribution in [0.4, 0.5) is 11.8 Å². The quantitative estimate of drug-likeness (QED) is 0.484. The number of nitrogens with zero attached hydrogens (tertiary/aromatic N) is 6. The summed E-state index contributed by atoms with van der Waals surface area (Å²) in [4.78, 5) is 27.6. The molecule has 162 valence electrons. The van der Waals surface area contributed by atoms with Crippen molar-refractivity contribution in [3.8, 4) is 22.0 Å². The van der Waals surface area contributed by atoms with E-state index in [2.05, 4.69) is 20.4 Å². The Labute approximate surface area is 188 Å². The summed E-state index contributed by atoms with van der Waals surface area (Å²) in [6, 6.07) is 11.0. The van der Waals surface area contributed by atoms with Crippen molar-refractivity contribution < 1.29 is 9.90 Å². The molecule has 32 heavy (non-hydrogen) atoms. The zero-order valence-corrected chi connectivity index (χ0v) is 18.4. The topological polar surface area (TPSA) is 109 Å². The Morgan fingerprint density at radius 3 is 2.75 bits per heavy atom. The van der Waals surface area contributed by atoms with Gasteiger partial charge in [-0.15, -0.1) is 11.3 Å². The number of aliphatic hydroxyl groups is 1. The van der Waals surface area contributed by atoms with Crippen LogP contribution in [0.2, 0.25) is 0 Å². The molecule has 1 amide bonds. The number of nitrogens with one attached hydrogen (secondary N) is 1. The molecule has 1 fully saturated rings. The fraction of sp³-hybridized carbons (Fsp3) is 0.227. The molecule has 1 atom stereocenters. The number of thiazole rings is 1. The number of aryl methyl sites for hydroxylation is 1. The molecule has 0 saturated carbocycles. The molecular weight excluding hydrogens is 426 g/mol. The Morgan fingerprint density at radius 1 is 1.12 bits per heavy atom. The highest BCUT2D eigenvalue weighted by molar-refractivity contribution is 7.13. The van der Waals surface area contributed by atoms with Crippen LogP contribution >= 0.6 is 11.3 Å². The number of carbonyl (C=O) groups excluding carboxylic acids is 1. The van der Waals surface area contributed by atoms with Gasteiger partial charge in [0.1, 0.15) is 16.5 Å². The summed E-state index contributed by atoms with van der Waals surface area (Å²) < 4.78 is 1.70. The summed E-state index contributed by atoms with van der Waals surface area (Å²) in [5.41, 5.74) is 1.40. The van der Waals surface area contributed by atoms with Crippen LogP contribution in [-0.4, -0.2) is 54.2 Å². The van der Waals surface area contributed by atoms with E-state index in [0.29, 0.717) is 30.2 Å². The van der Waals surface area contributed by atoms with Crippen molar-refractivity contribution in [2.75, 3.05) is 18.9 Å². The van der Waals surface area contributed by atoms with Gasteiger partial charge in [0.25, 0.3) is 5.91 Å². The second kappa shape index (κ2) is 7.81. The van der Waals surface area contributed by atoms with Gasteiger partial charge < -0.3 is 15.3 Å². The molecule has 0 radical (unpaired) electrons. The van der Waals surface area contributed by atoms with Gasteiger partial charge in [-0.2, -0.15) is 5.10 Å². The van der Waals surface area contributed by atoms with E-state index in [9.17, 15) is 9.90 Å². The molecule has 9 nitrogen and oxygen atoms in total. The molecule has 0 aliphatic carbocycles. The second-order valence-corrected chi connectivity index (χ2v) is 8.54.